The number of aryl methyl sites for hydroxylation is 1. The van der Waals surface area contributed by atoms with E-state index in [1.165, 1.54) is 11.1 Å². The van der Waals surface area contributed by atoms with E-state index in [9.17, 15) is 8.42 Å². The molecule has 0 saturated carbocycles. The number of benzene rings is 3. The average molecular weight is 335 g/mol. The second-order valence-corrected chi connectivity index (χ2v) is 7.81. The third-order valence-corrected chi connectivity index (χ3v) is 5.76. The second-order valence-electron chi connectivity index (χ2n) is 6.12. The third kappa shape index (κ3) is 2.59. The molecule has 3 aromatic carbocycles. The van der Waals surface area contributed by atoms with E-state index < -0.39 is 10.0 Å². The van der Waals surface area contributed by atoms with Crippen molar-refractivity contribution in [1.29, 1.82) is 0 Å². The highest BCUT2D eigenvalue weighted by molar-refractivity contribution is 7.92. The Morgan fingerprint density at radius 3 is 2.33 bits per heavy atom. The molecule has 0 atom stereocenters. The first kappa shape index (κ1) is 15.0. The standard InChI is InChI=1S/C20H17NO2S/c1-14-6-8-17(9-7-14)21-24(22,23)18-10-11-20-16(13-18)12-15-4-2-3-5-19(15)20/h2-11,13,21H,12H2,1H3. The molecular weight excluding hydrogens is 318 g/mol. The number of rotatable bonds is 3. The molecule has 0 aliphatic heterocycles. The van der Waals surface area contributed by atoms with Crippen LogP contribution < -0.4 is 4.72 Å². The van der Waals surface area contributed by atoms with Gasteiger partial charge in [0.05, 0.1) is 4.90 Å². The monoisotopic (exact) mass is 335 g/mol. The maximum atomic E-state index is 12.6. The number of fused-ring (bicyclic) bond motifs is 3. The molecule has 0 aromatic heterocycles. The van der Waals surface area contributed by atoms with Gasteiger partial charge in [0, 0.05) is 5.69 Å². The van der Waals surface area contributed by atoms with Gasteiger partial charge in [-0.2, -0.15) is 0 Å². The number of anilines is 1. The fraction of sp³-hybridized carbons (Fsp3) is 0.100. The van der Waals surface area contributed by atoms with Gasteiger partial charge < -0.3 is 0 Å². The van der Waals surface area contributed by atoms with Gasteiger partial charge in [-0.05, 0) is 59.9 Å². The molecule has 0 spiro atoms. The molecule has 1 N–H and O–H groups in total. The summed E-state index contributed by atoms with van der Waals surface area (Å²) >= 11 is 0. The molecule has 3 nitrogen and oxygen atoms in total. The Bertz CT molecular complexity index is 1020. The quantitative estimate of drug-likeness (QED) is 0.604. The Morgan fingerprint density at radius 2 is 1.54 bits per heavy atom. The highest BCUT2D eigenvalue weighted by atomic mass is 32.2. The molecule has 0 saturated heterocycles. The van der Waals surface area contributed by atoms with Crippen molar-refractivity contribution >= 4 is 15.7 Å². The molecular formula is C20H17NO2S. The molecule has 0 heterocycles. The van der Waals surface area contributed by atoms with Crippen LogP contribution in [0.3, 0.4) is 0 Å². The van der Waals surface area contributed by atoms with Crippen LogP contribution >= 0.6 is 0 Å². The van der Waals surface area contributed by atoms with E-state index in [1.807, 2.05) is 37.3 Å². The van der Waals surface area contributed by atoms with Crippen LogP contribution in [0, 0.1) is 6.92 Å². The zero-order valence-electron chi connectivity index (χ0n) is 13.3. The summed E-state index contributed by atoms with van der Waals surface area (Å²) in [6.45, 7) is 1.97. The molecule has 1 aliphatic rings. The van der Waals surface area contributed by atoms with E-state index in [2.05, 4.69) is 16.9 Å². The van der Waals surface area contributed by atoms with Crippen LogP contribution in [0.15, 0.2) is 71.6 Å². The maximum absolute atomic E-state index is 12.6. The molecule has 0 bridgehead atoms. The Morgan fingerprint density at radius 1 is 0.833 bits per heavy atom. The minimum absolute atomic E-state index is 0.301. The van der Waals surface area contributed by atoms with Crippen LogP contribution in [-0.4, -0.2) is 8.42 Å². The highest BCUT2D eigenvalue weighted by Gasteiger charge is 2.21. The molecule has 3 aromatic rings. The van der Waals surface area contributed by atoms with Crippen LogP contribution in [0.25, 0.3) is 11.1 Å². The van der Waals surface area contributed by atoms with Crippen molar-refractivity contribution in [2.75, 3.05) is 4.72 Å². The first-order valence-corrected chi connectivity index (χ1v) is 9.32. The summed E-state index contributed by atoms with van der Waals surface area (Å²) in [5.74, 6) is 0. The van der Waals surface area contributed by atoms with Crippen LogP contribution in [-0.2, 0) is 16.4 Å². The lowest BCUT2D eigenvalue weighted by Crippen LogP contribution is -2.13. The topological polar surface area (TPSA) is 46.2 Å². The van der Waals surface area contributed by atoms with Crippen molar-refractivity contribution < 1.29 is 8.42 Å². The molecule has 0 fully saturated rings. The van der Waals surface area contributed by atoms with Gasteiger partial charge in [0.2, 0.25) is 0 Å². The van der Waals surface area contributed by atoms with Gasteiger partial charge in [0.25, 0.3) is 10.0 Å². The van der Waals surface area contributed by atoms with Crippen molar-refractivity contribution in [3.05, 3.63) is 83.4 Å². The lowest BCUT2D eigenvalue weighted by molar-refractivity contribution is 0.601. The Hall–Kier alpha value is -2.59. The zero-order chi connectivity index (χ0) is 16.7. The van der Waals surface area contributed by atoms with Crippen molar-refractivity contribution in [2.24, 2.45) is 0 Å². The lowest BCUT2D eigenvalue weighted by Gasteiger charge is -2.10. The highest BCUT2D eigenvalue weighted by Crippen LogP contribution is 2.37. The zero-order valence-corrected chi connectivity index (χ0v) is 14.1. The fourth-order valence-electron chi connectivity index (χ4n) is 3.12. The summed E-state index contributed by atoms with van der Waals surface area (Å²) < 4.78 is 27.9. The normalized spacial score (nSPS) is 12.5. The summed E-state index contributed by atoms with van der Waals surface area (Å²) in [5, 5.41) is 0. The van der Waals surface area contributed by atoms with Gasteiger partial charge in [0.1, 0.15) is 0 Å². The summed E-state index contributed by atoms with van der Waals surface area (Å²) in [6, 6.07) is 20.9. The lowest BCUT2D eigenvalue weighted by atomic mass is 10.1. The minimum Gasteiger partial charge on any atom is -0.280 e. The summed E-state index contributed by atoms with van der Waals surface area (Å²) in [6.07, 6.45) is 0.777. The van der Waals surface area contributed by atoms with Crippen molar-refractivity contribution in [2.45, 2.75) is 18.2 Å². The van der Waals surface area contributed by atoms with Crippen molar-refractivity contribution in [3.63, 3.8) is 0 Å². The summed E-state index contributed by atoms with van der Waals surface area (Å²) in [4.78, 5) is 0.301. The molecule has 120 valence electrons. The number of hydrogen-bond donors (Lipinski definition) is 1. The van der Waals surface area contributed by atoms with Gasteiger partial charge in [-0.3, -0.25) is 4.72 Å². The molecule has 4 rings (SSSR count). The molecule has 0 unspecified atom stereocenters. The van der Waals surface area contributed by atoms with Crippen molar-refractivity contribution in [3.8, 4) is 11.1 Å². The molecule has 4 heteroatoms. The van der Waals surface area contributed by atoms with E-state index in [1.54, 1.807) is 24.3 Å². The molecule has 1 aliphatic carbocycles. The molecule has 24 heavy (non-hydrogen) atoms. The minimum atomic E-state index is -3.59. The Labute approximate surface area is 142 Å². The van der Waals surface area contributed by atoms with E-state index >= 15 is 0 Å². The largest absolute Gasteiger partial charge is 0.280 e. The predicted molar refractivity (Wildman–Crippen MR) is 96.7 cm³/mol. The number of sulfonamides is 1. The smallest absolute Gasteiger partial charge is 0.261 e. The van der Waals surface area contributed by atoms with Crippen LogP contribution in [0.4, 0.5) is 5.69 Å². The second kappa shape index (κ2) is 5.49. The van der Waals surface area contributed by atoms with Crippen LogP contribution in [0.2, 0.25) is 0 Å². The maximum Gasteiger partial charge on any atom is 0.261 e. The molecule has 0 radical (unpaired) electrons. The number of nitrogens with one attached hydrogen (secondary N) is 1. The first-order chi connectivity index (χ1) is 11.5. The summed E-state index contributed by atoms with van der Waals surface area (Å²) in [5.41, 5.74) is 6.29. The fourth-order valence-corrected chi connectivity index (χ4v) is 4.23. The SMILES string of the molecule is Cc1ccc(NS(=O)(=O)c2ccc3c(c2)Cc2ccccc2-3)cc1. The van der Waals surface area contributed by atoms with E-state index in [0.29, 0.717) is 10.6 Å². The third-order valence-electron chi connectivity index (χ3n) is 4.38. The average Bonchev–Trinajstić information content (AvgIpc) is 2.94. The van der Waals surface area contributed by atoms with Gasteiger partial charge in [-0.1, -0.05) is 48.0 Å². The van der Waals surface area contributed by atoms with E-state index in [-0.39, 0.29) is 0 Å². The first-order valence-electron chi connectivity index (χ1n) is 7.84. The van der Waals surface area contributed by atoms with Gasteiger partial charge in [-0.15, -0.1) is 0 Å². The van der Waals surface area contributed by atoms with E-state index in [0.717, 1.165) is 23.1 Å². The predicted octanol–water partition coefficient (Wildman–Crippen LogP) is 4.37. The molecule has 0 amide bonds. The number of hydrogen-bond acceptors (Lipinski definition) is 2. The van der Waals surface area contributed by atoms with Crippen LogP contribution in [0.5, 0.6) is 0 Å². The van der Waals surface area contributed by atoms with Crippen molar-refractivity contribution in [1.82, 2.24) is 0 Å². The van der Waals surface area contributed by atoms with Crippen LogP contribution in [0.1, 0.15) is 16.7 Å². The Balaban J connectivity index is 1.68. The Kier molecular flexibility index (Phi) is 3.43. The van der Waals surface area contributed by atoms with Gasteiger partial charge in [0.15, 0.2) is 0 Å². The summed E-state index contributed by atoms with van der Waals surface area (Å²) in [7, 11) is -3.59. The van der Waals surface area contributed by atoms with E-state index in [4.69, 9.17) is 0 Å². The van der Waals surface area contributed by atoms with Gasteiger partial charge in [-0.25, -0.2) is 8.42 Å². The van der Waals surface area contributed by atoms with Gasteiger partial charge >= 0.3 is 0 Å².